The molecule has 0 aliphatic carbocycles. The number of thioether (sulfide) groups is 1. The van der Waals surface area contributed by atoms with Crippen LogP contribution in [0.5, 0.6) is 0 Å². The molecule has 66 valence electrons. The molecule has 12 heavy (non-hydrogen) atoms. The fourth-order valence-electron chi connectivity index (χ4n) is 1.06. The van der Waals surface area contributed by atoms with E-state index in [0.717, 1.165) is 11.3 Å². The number of nitrogens with two attached hydrogens (primary N) is 1. The van der Waals surface area contributed by atoms with Crippen LogP contribution in [-0.2, 0) is 0 Å². The molecule has 0 aromatic carbocycles. The van der Waals surface area contributed by atoms with Crippen molar-refractivity contribution in [3.8, 4) is 0 Å². The number of rotatable bonds is 3. The largest absolute Gasteiger partial charge is 0.323 e. The smallest absolute Gasteiger partial charge is 0.0402 e. The molecule has 0 radical (unpaired) electrons. The van der Waals surface area contributed by atoms with Gasteiger partial charge in [-0.15, -0.1) is 0 Å². The van der Waals surface area contributed by atoms with Gasteiger partial charge in [0.2, 0.25) is 0 Å². The topological polar surface area (TPSA) is 38.9 Å². The summed E-state index contributed by atoms with van der Waals surface area (Å²) in [5.74, 6) is 0.950. The highest BCUT2D eigenvalue weighted by atomic mass is 32.2. The third-order valence-electron chi connectivity index (χ3n) is 1.67. The van der Waals surface area contributed by atoms with E-state index in [2.05, 4.69) is 17.3 Å². The van der Waals surface area contributed by atoms with Crippen LogP contribution in [0.1, 0.15) is 17.2 Å². The van der Waals surface area contributed by atoms with Crippen LogP contribution in [0.2, 0.25) is 0 Å². The molecule has 2 N–H and O–H groups in total. The minimum atomic E-state index is 0.118. The number of hydrogen-bond acceptors (Lipinski definition) is 3. The summed E-state index contributed by atoms with van der Waals surface area (Å²) in [6.07, 6.45) is 5.74. The molecular weight excluding hydrogens is 168 g/mol. The zero-order valence-electron chi connectivity index (χ0n) is 7.45. The molecule has 1 heterocycles. The second-order valence-electron chi connectivity index (χ2n) is 2.86. The van der Waals surface area contributed by atoms with Gasteiger partial charge in [0.1, 0.15) is 0 Å². The summed E-state index contributed by atoms with van der Waals surface area (Å²) in [6.45, 7) is 2.03. The molecular formula is C9H14N2S. The highest BCUT2D eigenvalue weighted by Gasteiger charge is 2.04. The van der Waals surface area contributed by atoms with Crippen LogP contribution in [0.15, 0.2) is 18.5 Å². The second kappa shape index (κ2) is 4.48. The molecule has 0 amide bonds. The van der Waals surface area contributed by atoms with Gasteiger partial charge in [-0.1, -0.05) is 6.07 Å². The fraction of sp³-hybridized carbons (Fsp3) is 0.444. The lowest BCUT2D eigenvalue weighted by atomic mass is 10.1. The highest BCUT2D eigenvalue weighted by molar-refractivity contribution is 7.98. The number of pyridine rings is 1. The zero-order valence-corrected chi connectivity index (χ0v) is 8.27. The van der Waals surface area contributed by atoms with E-state index in [-0.39, 0.29) is 6.04 Å². The summed E-state index contributed by atoms with van der Waals surface area (Å²) in [5.41, 5.74) is 8.21. The van der Waals surface area contributed by atoms with Gasteiger partial charge in [0.25, 0.3) is 0 Å². The predicted molar refractivity (Wildman–Crippen MR) is 54.3 cm³/mol. The van der Waals surface area contributed by atoms with E-state index < -0.39 is 0 Å². The number of aryl methyl sites for hydroxylation is 1. The average Bonchev–Trinajstić information content (AvgIpc) is 2.05. The van der Waals surface area contributed by atoms with E-state index in [1.165, 1.54) is 5.56 Å². The molecule has 0 bridgehead atoms. The van der Waals surface area contributed by atoms with E-state index >= 15 is 0 Å². The van der Waals surface area contributed by atoms with Crippen LogP contribution in [0.25, 0.3) is 0 Å². The van der Waals surface area contributed by atoms with Crippen LogP contribution >= 0.6 is 11.8 Å². The minimum absolute atomic E-state index is 0.118. The summed E-state index contributed by atoms with van der Waals surface area (Å²) in [7, 11) is 0. The van der Waals surface area contributed by atoms with Crippen molar-refractivity contribution in [1.82, 2.24) is 4.98 Å². The minimum Gasteiger partial charge on any atom is -0.323 e. The van der Waals surface area contributed by atoms with Crippen LogP contribution in [0.4, 0.5) is 0 Å². The first-order valence-electron chi connectivity index (χ1n) is 3.90. The molecule has 0 saturated carbocycles. The third kappa shape index (κ3) is 2.50. The van der Waals surface area contributed by atoms with Crippen molar-refractivity contribution < 1.29 is 0 Å². The Bertz CT molecular complexity index is 250. The van der Waals surface area contributed by atoms with Crippen LogP contribution in [0, 0.1) is 6.92 Å². The maximum absolute atomic E-state index is 5.91. The zero-order chi connectivity index (χ0) is 8.97. The Morgan fingerprint density at radius 3 is 2.92 bits per heavy atom. The van der Waals surface area contributed by atoms with E-state index in [0.29, 0.717) is 0 Å². The van der Waals surface area contributed by atoms with Crippen molar-refractivity contribution in [3.63, 3.8) is 0 Å². The van der Waals surface area contributed by atoms with Gasteiger partial charge in [-0.3, -0.25) is 4.98 Å². The molecule has 0 spiro atoms. The van der Waals surface area contributed by atoms with E-state index in [1.54, 1.807) is 11.8 Å². The van der Waals surface area contributed by atoms with Gasteiger partial charge in [0.15, 0.2) is 0 Å². The van der Waals surface area contributed by atoms with Crippen LogP contribution in [-0.4, -0.2) is 17.0 Å². The lowest BCUT2D eigenvalue weighted by molar-refractivity contribution is 0.823. The fourth-order valence-corrected chi connectivity index (χ4v) is 1.61. The predicted octanol–water partition coefficient (Wildman–Crippen LogP) is 1.75. The van der Waals surface area contributed by atoms with E-state index in [9.17, 15) is 0 Å². The Balaban J connectivity index is 2.73. The Kier molecular flexibility index (Phi) is 3.56. The number of nitrogens with zero attached hydrogens (tertiary/aromatic N) is 1. The van der Waals surface area contributed by atoms with E-state index in [1.807, 2.05) is 19.3 Å². The molecule has 1 rings (SSSR count). The first-order chi connectivity index (χ1) is 5.74. The van der Waals surface area contributed by atoms with Gasteiger partial charge in [-0.25, -0.2) is 0 Å². The first kappa shape index (κ1) is 9.55. The van der Waals surface area contributed by atoms with Crippen LogP contribution < -0.4 is 5.73 Å². The van der Waals surface area contributed by atoms with Crippen molar-refractivity contribution in [2.45, 2.75) is 13.0 Å². The van der Waals surface area contributed by atoms with Crippen molar-refractivity contribution in [1.29, 1.82) is 0 Å². The number of aromatic nitrogens is 1. The Hall–Kier alpha value is -0.540. The maximum Gasteiger partial charge on any atom is 0.0402 e. The SMILES string of the molecule is CSCC(N)c1cncc(C)c1. The van der Waals surface area contributed by atoms with Crippen LogP contribution in [0.3, 0.4) is 0 Å². The van der Waals surface area contributed by atoms with Gasteiger partial charge in [0, 0.05) is 24.2 Å². The lowest BCUT2D eigenvalue weighted by Crippen LogP contribution is -2.13. The summed E-state index contributed by atoms with van der Waals surface area (Å²) in [4.78, 5) is 4.10. The summed E-state index contributed by atoms with van der Waals surface area (Å²) >= 11 is 1.76. The Morgan fingerprint density at radius 1 is 1.58 bits per heavy atom. The molecule has 3 heteroatoms. The molecule has 1 unspecified atom stereocenters. The van der Waals surface area contributed by atoms with E-state index in [4.69, 9.17) is 5.73 Å². The summed E-state index contributed by atoms with van der Waals surface area (Å²) in [5, 5.41) is 0. The second-order valence-corrected chi connectivity index (χ2v) is 3.77. The molecule has 0 aliphatic heterocycles. The molecule has 1 aromatic rings. The standard InChI is InChI=1S/C9H14N2S/c1-7-3-8(5-11-4-7)9(10)6-12-2/h3-5,9H,6,10H2,1-2H3. The van der Waals surface area contributed by atoms with Crippen molar-refractivity contribution in [2.24, 2.45) is 5.73 Å². The van der Waals surface area contributed by atoms with Crippen molar-refractivity contribution in [2.75, 3.05) is 12.0 Å². The Labute approximate surface area is 77.6 Å². The average molecular weight is 182 g/mol. The summed E-state index contributed by atoms with van der Waals surface area (Å²) < 4.78 is 0. The lowest BCUT2D eigenvalue weighted by Gasteiger charge is -2.09. The molecule has 0 aliphatic rings. The first-order valence-corrected chi connectivity index (χ1v) is 5.29. The van der Waals surface area contributed by atoms with Crippen molar-refractivity contribution in [3.05, 3.63) is 29.6 Å². The molecule has 0 saturated heterocycles. The van der Waals surface area contributed by atoms with Crippen molar-refractivity contribution >= 4 is 11.8 Å². The van der Waals surface area contributed by atoms with Gasteiger partial charge in [-0.2, -0.15) is 11.8 Å². The van der Waals surface area contributed by atoms with Gasteiger partial charge >= 0.3 is 0 Å². The molecule has 2 nitrogen and oxygen atoms in total. The quantitative estimate of drug-likeness (QED) is 0.774. The Morgan fingerprint density at radius 2 is 2.33 bits per heavy atom. The number of hydrogen-bond donors (Lipinski definition) is 1. The van der Waals surface area contributed by atoms with Gasteiger partial charge in [0.05, 0.1) is 0 Å². The molecule has 1 atom stereocenters. The van der Waals surface area contributed by atoms with Gasteiger partial charge < -0.3 is 5.73 Å². The normalized spacial score (nSPS) is 12.9. The monoisotopic (exact) mass is 182 g/mol. The highest BCUT2D eigenvalue weighted by Crippen LogP contribution is 2.13. The summed E-state index contributed by atoms with van der Waals surface area (Å²) in [6, 6.07) is 2.21. The third-order valence-corrected chi connectivity index (χ3v) is 2.36. The molecule has 1 aromatic heterocycles. The molecule has 0 fully saturated rings. The maximum atomic E-state index is 5.91. The van der Waals surface area contributed by atoms with Gasteiger partial charge in [-0.05, 0) is 24.3 Å².